The number of hydrogen-bond donors (Lipinski definition) is 1. The molecule has 0 aliphatic rings. The van der Waals surface area contributed by atoms with Gasteiger partial charge in [-0.25, -0.2) is 0 Å². The van der Waals surface area contributed by atoms with E-state index in [1.165, 1.54) is 38.5 Å². The summed E-state index contributed by atoms with van der Waals surface area (Å²) in [5.41, 5.74) is 0. The van der Waals surface area contributed by atoms with Crippen molar-refractivity contribution in [2.45, 2.75) is 85.2 Å². The molecule has 0 spiro atoms. The Morgan fingerprint density at radius 1 is 0.875 bits per heavy atom. The van der Waals surface area contributed by atoms with Crippen molar-refractivity contribution in [2.24, 2.45) is 11.8 Å². The first-order valence-electron chi connectivity index (χ1n) is 7.24. The predicted octanol–water partition coefficient (Wildman–Crippen LogP) is 4.78. The Labute approximate surface area is 103 Å². The van der Waals surface area contributed by atoms with Crippen molar-refractivity contribution < 1.29 is 5.11 Å². The molecular formula is C15H32O. The summed E-state index contributed by atoms with van der Waals surface area (Å²) >= 11 is 0. The highest BCUT2D eigenvalue weighted by Gasteiger charge is 2.10. The van der Waals surface area contributed by atoms with Crippen molar-refractivity contribution in [1.29, 1.82) is 0 Å². The summed E-state index contributed by atoms with van der Waals surface area (Å²) in [7, 11) is 0. The van der Waals surface area contributed by atoms with Gasteiger partial charge in [0.1, 0.15) is 0 Å². The molecule has 0 heterocycles. The fourth-order valence-corrected chi connectivity index (χ4v) is 2.20. The van der Waals surface area contributed by atoms with Gasteiger partial charge in [-0.05, 0) is 24.7 Å². The summed E-state index contributed by atoms with van der Waals surface area (Å²) in [4.78, 5) is 0. The van der Waals surface area contributed by atoms with Crippen molar-refractivity contribution in [3.63, 3.8) is 0 Å². The highest BCUT2D eigenvalue weighted by atomic mass is 16.3. The second-order valence-corrected chi connectivity index (χ2v) is 5.82. The first-order valence-corrected chi connectivity index (χ1v) is 7.24. The van der Waals surface area contributed by atoms with E-state index in [2.05, 4.69) is 27.7 Å². The first-order chi connectivity index (χ1) is 7.56. The number of hydrogen-bond acceptors (Lipinski definition) is 1. The monoisotopic (exact) mass is 228 g/mol. The lowest BCUT2D eigenvalue weighted by molar-refractivity contribution is 0.129. The molecule has 98 valence electrons. The van der Waals surface area contributed by atoms with E-state index in [1.54, 1.807) is 0 Å². The van der Waals surface area contributed by atoms with Crippen LogP contribution in [0, 0.1) is 11.8 Å². The summed E-state index contributed by atoms with van der Waals surface area (Å²) in [5.74, 6) is 1.47. The molecule has 0 aromatic carbocycles. The minimum absolute atomic E-state index is 0.0598. The van der Waals surface area contributed by atoms with Crippen LogP contribution in [-0.4, -0.2) is 11.2 Å². The lowest BCUT2D eigenvalue weighted by Gasteiger charge is -2.16. The van der Waals surface area contributed by atoms with E-state index in [4.69, 9.17) is 0 Å². The molecule has 0 saturated carbocycles. The lowest BCUT2D eigenvalue weighted by Crippen LogP contribution is -2.12. The molecule has 0 aliphatic carbocycles. The predicted molar refractivity (Wildman–Crippen MR) is 72.6 cm³/mol. The third-order valence-electron chi connectivity index (χ3n) is 3.29. The second kappa shape index (κ2) is 10.1. The SMILES string of the molecule is CCCCCC(C)CC(O)CCCC(C)C. The Morgan fingerprint density at radius 2 is 1.56 bits per heavy atom. The Hall–Kier alpha value is -0.0400. The molecule has 0 aliphatic heterocycles. The Morgan fingerprint density at radius 3 is 2.12 bits per heavy atom. The zero-order valence-electron chi connectivity index (χ0n) is 11.8. The molecule has 0 radical (unpaired) electrons. The largest absolute Gasteiger partial charge is 0.393 e. The van der Waals surface area contributed by atoms with Gasteiger partial charge >= 0.3 is 0 Å². The molecule has 1 N–H and O–H groups in total. The van der Waals surface area contributed by atoms with Crippen LogP contribution in [0.15, 0.2) is 0 Å². The van der Waals surface area contributed by atoms with Gasteiger partial charge in [0.05, 0.1) is 6.10 Å². The Bertz CT molecular complexity index is 142. The van der Waals surface area contributed by atoms with Gasteiger partial charge in [-0.3, -0.25) is 0 Å². The molecule has 0 aromatic heterocycles. The number of aliphatic hydroxyl groups excluding tert-OH is 1. The molecule has 1 nitrogen and oxygen atoms in total. The van der Waals surface area contributed by atoms with Gasteiger partial charge < -0.3 is 5.11 Å². The highest BCUT2D eigenvalue weighted by Crippen LogP contribution is 2.18. The van der Waals surface area contributed by atoms with E-state index in [0.29, 0.717) is 5.92 Å². The van der Waals surface area contributed by atoms with E-state index in [1.807, 2.05) is 0 Å². The summed E-state index contributed by atoms with van der Waals surface area (Å²) in [6.45, 7) is 9.02. The highest BCUT2D eigenvalue weighted by molar-refractivity contribution is 4.63. The summed E-state index contributed by atoms with van der Waals surface area (Å²) in [6.07, 6.45) is 9.62. The average Bonchev–Trinajstić information content (AvgIpc) is 2.17. The molecule has 0 bridgehead atoms. The molecular weight excluding hydrogens is 196 g/mol. The van der Waals surface area contributed by atoms with Gasteiger partial charge in [0, 0.05) is 0 Å². The van der Waals surface area contributed by atoms with Gasteiger partial charge in [0.15, 0.2) is 0 Å². The molecule has 0 fully saturated rings. The van der Waals surface area contributed by atoms with Crippen molar-refractivity contribution >= 4 is 0 Å². The van der Waals surface area contributed by atoms with Crippen LogP contribution in [0.2, 0.25) is 0 Å². The van der Waals surface area contributed by atoms with Crippen LogP contribution in [0.3, 0.4) is 0 Å². The topological polar surface area (TPSA) is 20.2 Å². The molecule has 1 heteroatoms. The Balaban J connectivity index is 3.42. The van der Waals surface area contributed by atoms with Gasteiger partial charge in [0.25, 0.3) is 0 Å². The minimum atomic E-state index is -0.0598. The fourth-order valence-electron chi connectivity index (χ4n) is 2.20. The molecule has 2 unspecified atom stereocenters. The summed E-state index contributed by atoms with van der Waals surface area (Å²) in [5, 5.41) is 9.89. The molecule has 0 aromatic rings. The zero-order valence-corrected chi connectivity index (χ0v) is 11.8. The van der Waals surface area contributed by atoms with Crippen LogP contribution in [0.25, 0.3) is 0 Å². The van der Waals surface area contributed by atoms with Crippen molar-refractivity contribution in [3.05, 3.63) is 0 Å². The molecule has 2 atom stereocenters. The van der Waals surface area contributed by atoms with Gasteiger partial charge in [-0.15, -0.1) is 0 Å². The lowest BCUT2D eigenvalue weighted by atomic mass is 9.94. The third kappa shape index (κ3) is 10.5. The molecule has 16 heavy (non-hydrogen) atoms. The van der Waals surface area contributed by atoms with Gasteiger partial charge in [0.2, 0.25) is 0 Å². The third-order valence-corrected chi connectivity index (χ3v) is 3.29. The fraction of sp³-hybridized carbons (Fsp3) is 1.00. The second-order valence-electron chi connectivity index (χ2n) is 5.82. The standard InChI is InChI=1S/C15H32O/c1-5-6-7-10-14(4)12-15(16)11-8-9-13(2)3/h13-16H,5-12H2,1-4H3. The average molecular weight is 228 g/mol. The Kier molecular flexibility index (Phi) is 10.1. The van der Waals surface area contributed by atoms with Crippen LogP contribution in [-0.2, 0) is 0 Å². The van der Waals surface area contributed by atoms with Crippen molar-refractivity contribution in [2.75, 3.05) is 0 Å². The number of rotatable bonds is 10. The summed E-state index contributed by atoms with van der Waals surface area (Å²) in [6, 6.07) is 0. The van der Waals surface area contributed by atoms with Crippen LogP contribution in [0.4, 0.5) is 0 Å². The quantitative estimate of drug-likeness (QED) is 0.533. The summed E-state index contributed by atoms with van der Waals surface area (Å²) < 4.78 is 0. The maximum absolute atomic E-state index is 9.89. The van der Waals surface area contributed by atoms with Crippen LogP contribution < -0.4 is 0 Å². The zero-order chi connectivity index (χ0) is 12.4. The molecule has 0 rings (SSSR count). The van der Waals surface area contributed by atoms with Crippen LogP contribution >= 0.6 is 0 Å². The van der Waals surface area contributed by atoms with E-state index in [-0.39, 0.29) is 6.10 Å². The number of unbranched alkanes of at least 4 members (excludes halogenated alkanes) is 2. The van der Waals surface area contributed by atoms with E-state index < -0.39 is 0 Å². The smallest absolute Gasteiger partial charge is 0.0542 e. The van der Waals surface area contributed by atoms with Crippen LogP contribution in [0.5, 0.6) is 0 Å². The van der Waals surface area contributed by atoms with Crippen molar-refractivity contribution in [1.82, 2.24) is 0 Å². The van der Waals surface area contributed by atoms with Gasteiger partial charge in [-0.1, -0.05) is 66.2 Å². The normalized spacial score (nSPS) is 15.4. The molecule has 0 amide bonds. The maximum Gasteiger partial charge on any atom is 0.0542 e. The maximum atomic E-state index is 9.89. The number of aliphatic hydroxyl groups is 1. The van der Waals surface area contributed by atoms with E-state index in [0.717, 1.165) is 18.8 Å². The van der Waals surface area contributed by atoms with Gasteiger partial charge in [-0.2, -0.15) is 0 Å². The molecule has 0 saturated heterocycles. The van der Waals surface area contributed by atoms with E-state index in [9.17, 15) is 5.11 Å². The minimum Gasteiger partial charge on any atom is -0.393 e. The van der Waals surface area contributed by atoms with Crippen molar-refractivity contribution in [3.8, 4) is 0 Å². The first kappa shape index (κ1) is 16.0. The van der Waals surface area contributed by atoms with Crippen LogP contribution in [0.1, 0.15) is 79.1 Å². The van der Waals surface area contributed by atoms with E-state index >= 15 is 0 Å².